The first kappa shape index (κ1) is 12.8. The van der Waals surface area contributed by atoms with Gasteiger partial charge in [-0.1, -0.05) is 0 Å². The summed E-state index contributed by atoms with van der Waals surface area (Å²) < 4.78 is 13.4. The average Bonchev–Trinajstić information content (AvgIpc) is 2.77. The topological polar surface area (TPSA) is 52.6 Å². The molecule has 2 unspecified atom stereocenters. The number of nitrogens with one attached hydrogen (secondary N) is 1. The van der Waals surface area contributed by atoms with Crippen molar-refractivity contribution in [3.8, 4) is 0 Å². The fourth-order valence-electron chi connectivity index (χ4n) is 2.37. The lowest BCUT2D eigenvalue weighted by molar-refractivity contribution is -0.141. The summed E-state index contributed by atoms with van der Waals surface area (Å²) in [5, 5.41) is 12.1. The van der Waals surface area contributed by atoms with Crippen LogP contribution in [0.2, 0.25) is 0 Å². The van der Waals surface area contributed by atoms with Gasteiger partial charge in [-0.05, 0) is 30.2 Å². The van der Waals surface area contributed by atoms with Gasteiger partial charge < -0.3 is 15.3 Å². The molecule has 1 fully saturated rings. The van der Waals surface area contributed by atoms with Crippen molar-refractivity contribution < 1.29 is 14.3 Å². The van der Waals surface area contributed by atoms with Gasteiger partial charge in [0.05, 0.1) is 5.92 Å². The summed E-state index contributed by atoms with van der Waals surface area (Å²) in [6, 6.07) is 4.53. The van der Waals surface area contributed by atoms with Crippen LogP contribution in [0.1, 0.15) is 18.0 Å². The monoisotopic (exact) mass is 252 g/mol. The summed E-state index contributed by atoms with van der Waals surface area (Å²) in [4.78, 5) is 12.8. The number of carboxylic acid groups (broad SMARTS) is 1. The Morgan fingerprint density at radius 1 is 1.50 bits per heavy atom. The number of rotatable bonds is 3. The highest BCUT2D eigenvalue weighted by molar-refractivity contribution is 5.71. The molecule has 0 spiro atoms. The molecule has 2 rings (SSSR count). The van der Waals surface area contributed by atoms with Gasteiger partial charge in [0.25, 0.3) is 0 Å². The third-order valence-corrected chi connectivity index (χ3v) is 3.33. The lowest BCUT2D eigenvalue weighted by Gasteiger charge is -2.21. The van der Waals surface area contributed by atoms with Crippen molar-refractivity contribution in [1.82, 2.24) is 5.32 Å². The molecule has 1 heterocycles. The van der Waals surface area contributed by atoms with Crippen LogP contribution in [-0.2, 0) is 4.79 Å². The summed E-state index contributed by atoms with van der Waals surface area (Å²) in [7, 11) is 3.78. The summed E-state index contributed by atoms with van der Waals surface area (Å²) in [5.41, 5.74) is 1.74. The van der Waals surface area contributed by atoms with E-state index in [0.717, 1.165) is 11.3 Å². The van der Waals surface area contributed by atoms with Crippen molar-refractivity contribution in [3.05, 3.63) is 29.6 Å². The quantitative estimate of drug-likeness (QED) is 0.858. The van der Waals surface area contributed by atoms with Crippen LogP contribution in [0.5, 0.6) is 0 Å². The minimum absolute atomic E-state index is 0.0980. The molecule has 98 valence electrons. The number of hydrogen-bond donors (Lipinski definition) is 2. The van der Waals surface area contributed by atoms with Crippen molar-refractivity contribution in [3.63, 3.8) is 0 Å². The molecule has 0 radical (unpaired) electrons. The third-order valence-electron chi connectivity index (χ3n) is 3.33. The molecule has 2 atom stereocenters. The Balaban J connectivity index is 2.28. The molecule has 0 aliphatic carbocycles. The van der Waals surface area contributed by atoms with E-state index in [-0.39, 0.29) is 11.9 Å². The van der Waals surface area contributed by atoms with Gasteiger partial charge in [0.2, 0.25) is 0 Å². The van der Waals surface area contributed by atoms with Gasteiger partial charge in [0.1, 0.15) is 5.82 Å². The highest BCUT2D eigenvalue weighted by atomic mass is 19.1. The molecule has 1 aliphatic heterocycles. The number of nitrogens with zero attached hydrogens (tertiary/aromatic N) is 1. The SMILES string of the molecule is CN(C)c1ccc(F)cc1C1CC(C(=O)O)CN1. The minimum atomic E-state index is -0.798. The molecule has 0 saturated carbocycles. The summed E-state index contributed by atoms with van der Waals surface area (Å²) in [6.45, 7) is 0.434. The van der Waals surface area contributed by atoms with Crippen LogP contribution < -0.4 is 10.2 Å². The van der Waals surface area contributed by atoms with Gasteiger partial charge in [0, 0.05) is 32.4 Å². The number of carboxylic acids is 1. The van der Waals surface area contributed by atoms with Gasteiger partial charge in [-0.2, -0.15) is 0 Å². The zero-order valence-corrected chi connectivity index (χ0v) is 10.5. The molecule has 1 aromatic rings. The second kappa shape index (κ2) is 4.94. The summed E-state index contributed by atoms with van der Waals surface area (Å²) in [6.07, 6.45) is 0.500. The van der Waals surface area contributed by atoms with E-state index in [4.69, 9.17) is 5.11 Å². The van der Waals surface area contributed by atoms with Crippen LogP contribution in [0.25, 0.3) is 0 Å². The Kier molecular flexibility index (Phi) is 3.52. The van der Waals surface area contributed by atoms with E-state index in [2.05, 4.69) is 5.32 Å². The first-order valence-corrected chi connectivity index (χ1v) is 5.92. The predicted octanol–water partition coefficient (Wildman–Crippen LogP) is 1.63. The molecule has 4 nitrogen and oxygen atoms in total. The third kappa shape index (κ3) is 2.46. The second-order valence-corrected chi connectivity index (χ2v) is 4.83. The van der Waals surface area contributed by atoms with Crippen LogP contribution in [0, 0.1) is 11.7 Å². The predicted molar refractivity (Wildman–Crippen MR) is 67.2 cm³/mol. The van der Waals surface area contributed by atoms with Gasteiger partial charge in [-0.25, -0.2) is 4.39 Å². The van der Waals surface area contributed by atoms with E-state index in [1.54, 1.807) is 6.07 Å². The van der Waals surface area contributed by atoms with Crippen LogP contribution in [0.15, 0.2) is 18.2 Å². The Bertz CT molecular complexity index is 462. The second-order valence-electron chi connectivity index (χ2n) is 4.83. The van der Waals surface area contributed by atoms with E-state index in [9.17, 15) is 9.18 Å². The van der Waals surface area contributed by atoms with Crippen LogP contribution in [0.3, 0.4) is 0 Å². The molecular weight excluding hydrogens is 235 g/mol. The zero-order valence-electron chi connectivity index (χ0n) is 10.5. The maximum atomic E-state index is 13.4. The first-order chi connectivity index (χ1) is 8.49. The van der Waals surface area contributed by atoms with Crippen molar-refractivity contribution >= 4 is 11.7 Å². The number of anilines is 1. The molecule has 5 heteroatoms. The Morgan fingerprint density at radius 2 is 2.22 bits per heavy atom. The van der Waals surface area contributed by atoms with Gasteiger partial charge >= 0.3 is 5.97 Å². The lowest BCUT2D eigenvalue weighted by Crippen LogP contribution is -2.19. The number of aliphatic carboxylic acids is 1. The normalized spacial score (nSPS) is 23.1. The van der Waals surface area contributed by atoms with E-state index in [0.29, 0.717) is 13.0 Å². The van der Waals surface area contributed by atoms with Gasteiger partial charge in [-0.15, -0.1) is 0 Å². The Morgan fingerprint density at radius 3 is 2.78 bits per heavy atom. The van der Waals surface area contributed by atoms with Crippen molar-refractivity contribution in [2.75, 3.05) is 25.5 Å². The number of benzene rings is 1. The molecule has 0 amide bonds. The van der Waals surface area contributed by atoms with E-state index >= 15 is 0 Å². The maximum absolute atomic E-state index is 13.4. The fraction of sp³-hybridized carbons (Fsp3) is 0.462. The molecule has 1 aromatic carbocycles. The first-order valence-electron chi connectivity index (χ1n) is 5.92. The molecular formula is C13H17FN2O2. The molecule has 2 N–H and O–H groups in total. The smallest absolute Gasteiger partial charge is 0.307 e. The highest BCUT2D eigenvalue weighted by Crippen LogP contribution is 2.33. The van der Waals surface area contributed by atoms with Gasteiger partial charge in [-0.3, -0.25) is 4.79 Å². The van der Waals surface area contributed by atoms with E-state index < -0.39 is 11.9 Å². The maximum Gasteiger partial charge on any atom is 0.307 e. The summed E-state index contributed by atoms with van der Waals surface area (Å²) >= 11 is 0. The molecule has 1 saturated heterocycles. The minimum Gasteiger partial charge on any atom is -0.481 e. The van der Waals surface area contributed by atoms with E-state index in [1.807, 2.05) is 19.0 Å². The van der Waals surface area contributed by atoms with Gasteiger partial charge in [0.15, 0.2) is 0 Å². The molecule has 18 heavy (non-hydrogen) atoms. The van der Waals surface area contributed by atoms with Crippen molar-refractivity contribution in [2.24, 2.45) is 5.92 Å². The Hall–Kier alpha value is -1.62. The average molecular weight is 252 g/mol. The van der Waals surface area contributed by atoms with Crippen LogP contribution >= 0.6 is 0 Å². The van der Waals surface area contributed by atoms with Crippen LogP contribution in [0.4, 0.5) is 10.1 Å². The van der Waals surface area contributed by atoms with Crippen LogP contribution in [-0.4, -0.2) is 31.7 Å². The number of halogens is 1. The summed E-state index contributed by atoms with van der Waals surface area (Å²) in [5.74, 6) is -1.49. The molecule has 0 bridgehead atoms. The van der Waals surface area contributed by atoms with Crippen molar-refractivity contribution in [1.29, 1.82) is 0 Å². The highest BCUT2D eigenvalue weighted by Gasteiger charge is 2.31. The zero-order chi connectivity index (χ0) is 13.3. The van der Waals surface area contributed by atoms with Crippen molar-refractivity contribution in [2.45, 2.75) is 12.5 Å². The Labute approximate surface area is 105 Å². The standard InChI is InChI=1S/C13H17FN2O2/c1-16(2)12-4-3-9(14)6-10(12)11-5-8(7-15-11)13(17)18/h3-4,6,8,11,15H,5,7H2,1-2H3,(H,17,18). The fourth-order valence-corrected chi connectivity index (χ4v) is 2.37. The number of hydrogen-bond acceptors (Lipinski definition) is 3. The molecule has 0 aromatic heterocycles. The largest absolute Gasteiger partial charge is 0.481 e. The number of carbonyl (C=O) groups is 1. The lowest BCUT2D eigenvalue weighted by atomic mass is 9.98. The molecule has 1 aliphatic rings. The van der Waals surface area contributed by atoms with E-state index in [1.165, 1.54) is 12.1 Å².